The highest BCUT2D eigenvalue weighted by Gasteiger charge is 2.31. The summed E-state index contributed by atoms with van der Waals surface area (Å²) in [5.74, 6) is 0.946. The Bertz CT molecular complexity index is 795. The van der Waals surface area contributed by atoms with E-state index in [1.54, 1.807) is 20.3 Å². The molecule has 0 amide bonds. The van der Waals surface area contributed by atoms with Gasteiger partial charge in [-0.15, -0.1) is 0 Å². The number of aromatic nitrogens is 4. The summed E-state index contributed by atoms with van der Waals surface area (Å²) in [6.07, 6.45) is 3.13. The zero-order valence-electron chi connectivity index (χ0n) is 14.1. The van der Waals surface area contributed by atoms with Crippen LogP contribution in [-0.4, -0.2) is 64.4 Å². The van der Waals surface area contributed by atoms with E-state index in [2.05, 4.69) is 20.2 Å². The van der Waals surface area contributed by atoms with Crippen LogP contribution in [0, 0.1) is 6.92 Å². The standard InChI is InChI=1S/C15H22N6O2S/c1-11-10-14(13-4-7-16-19-13)18-15(17-11)12-5-8-21(9-6-12)24(22,23)20(2)3/h4,7,10,12H,5-6,8-9H2,1-3H3,(H,16,19). The topological polar surface area (TPSA) is 95.1 Å². The van der Waals surface area contributed by atoms with Gasteiger partial charge in [-0.05, 0) is 31.9 Å². The van der Waals surface area contributed by atoms with Gasteiger partial charge in [0.1, 0.15) is 5.82 Å². The summed E-state index contributed by atoms with van der Waals surface area (Å²) in [6.45, 7) is 2.92. The largest absolute Gasteiger partial charge is 0.281 e. The van der Waals surface area contributed by atoms with Gasteiger partial charge in [-0.1, -0.05) is 0 Å². The first-order valence-electron chi connectivity index (χ1n) is 7.91. The molecule has 0 radical (unpaired) electrons. The number of rotatable bonds is 4. The van der Waals surface area contributed by atoms with E-state index in [9.17, 15) is 8.42 Å². The van der Waals surface area contributed by atoms with Crippen molar-refractivity contribution in [3.8, 4) is 11.4 Å². The lowest BCUT2D eigenvalue weighted by Gasteiger charge is -2.32. The highest BCUT2D eigenvalue weighted by Crippen LogP contribution is 2.28. The maximum atomic E-state index is 12.2. The van der Waals surface area contributed by atoms with E-state index >= 15 is 0 Å². The average Bonchev–Trinajstić information content (AvgIpc) is 3.09. The maximum absolute atomic E-state index is 12.2. The molecule has 3 heterocycles. The van der Waals surface area contributed by atoms with Gasteiger partial charge in [0.15, 0.2) is 0 Å². The summed E-state index contributed by atoms with van der Waals surface area (Å²) >= 11 is 0. The molecule has 1 saturated heterocycles. The first kappa shape index (κ1) is 17.0. The van der Waals surface area contributed by atoms with Gasteiger partial charge in [0, 0.05) is 45.0 Å². The first-order chi connectivity index (χ1) is 11.4. The number of nitrogens with one attached hydrogen (secondary N) is 1. The quantitative estimate of drug-likeness (QED) is 0.893. The Hall–Kier alpha value is -1.84. The van der Waals surface area contributed by atoms with Crippen LogP contribution in [0.15, 0.2) is 18.3 Å². The molecular weight excluding hydrogens is 328 g/mol. The highest BCUT2D eigenvalue weighted by atomic mass is 32.2. The molecule has 0 atom stereocenters. The highest BCUT2D eigenvalue weighted by molar-refractivity contribution is 7.86. The van der Waals surface area contributed by atoms with Gasteiger partial charge in [-0.2, -0.15) is 22.1 Å². The number of aryl methyl sites for hydroxylation is 1. The van der Waals surface area contributed by atoms with E-state index in [1.165, 1.54) is 8.61 Å². The van der Waals surface area contributed by atoms with Crippen LogP contribution in [0.3, 0.4) is 0 Å². The summed E-state index contributed by atoms with van der Waals surface area (Å²) in [4.78, 5) is 9.23. The van der Waals surface area contributed by atoms with E-state index < -0.39 is 10.2 Å². The second-order valence-corrected chi connectivity index (χ2v) is 8.33. The van der Waals surface area contributed by atoms with Crippen LogP contribution >= 0.6 is 0 Å². The number of nitrogens with zero attached hydrogens (tertiary/aromatic N) is 5. The van der Waals surface area contributed by atoms with E-state index in [0.29, 0.717) is 13.1 Å². The van der Waals surface area contributed by atoms with Crippen molar-refractivity contribution in [2.75, 3.05) is 27.2 Å². The molecule has 0 aromatic carbocycles. The first-order valence-corrected chi connectivity index (χ1v) is 9.30. The van der Waals surface area contributed by atoms with Gasteiger partial charge in [0.2, 0.25) is 0 Å². The molecule has 1 fully saturated rings. The normalized spacial score (nSPS) is 17.5. The minimum absolute atomic E-state index is 0.167. The Morgan fingerprint density at radius 1 is 1.25 bits per heavy atom. The second kappa shape index (κ2) is 6.58. The molecule has 3 rings (SSSR count). The van der Waals surface area contributed by atoms with Crippen molar-refractivity contribution in [2.24, 2.45) is 0 Å². The molecule has 0 spiro atoms. The SMILES string of the molecule is Cc1cc(-c2ccn[nH]2)nc(C2CCN(S(=O)(=O)N(C)C)CC2)n1. The molecule has 130 valence electrons. The lowest BCUT2D eigenvalue weighted by Crippen LogP contribution is -2.44. The van der Waals surface area contributed by atoms with Gasteiger partial charge >= 0.3 is 0 Å². The fourth-order valence-electron chi connectivity index (χ4n) is 2.89. The number of H-pyrrole nitrogens is 1. The number of hydrogen-bond donors (Lipinski definition) is 1. The van der Waals surface area contributed by atoms with Gasteiger partial charge in [-0.3, -0.25) is 5.10 Å². The van der Waals surface area contributed by atoms with E-state index in [1.807, 2.05) is 19.1 Å². The number of piperidine rings is 1. The van der Waals surface area contributed by atoms with Crippen LogP contribution < -0.4 is 0 Å². The third kappa shape index (κ3) is 3.33. The molecule has 2 aromatic rings. The van der Waals surface area contributed by atoms with Crippen molar-refractivity contribution in [3.05, 3.63) is 29.8 Å². The van der Waals surface area contributed by atoms with Crippen molar-refractivity contribution in [3.63, 3.8) is 0 Å². The van der Waals surface area contributed by atoms with Crippen molar-refractivity contribution in [1.29, 1.82) is 0 Å². The Labute approximate surface area is 142 Å². The predicted molar refractivity (Wildman–Crippen MR) is 90.5 cm³/mol. The maximum Gasteiger partial charge on any atom is 0.281 e. The number of aromatic amines is 1. The monoisotopic (exact) mass is 350 g/mol. The lowest BCUT2D eigenvalue weighted by molar-refractivity contribution is 0.297. The minimum atomic E-state index is -3.34. The van der Waals surface area contributed by atoms with Crippen molar-refractivity contribution >= 4 is 10.2 Å². The summed E-state index contributed by atoms with van der Waals surface area (Å²) in [5.41, 5.74) is 2.57. The van der Waals surface area contributed by atoms with Gasteiger partial charge in [-0.25, -0.2) is 9.97 Å². The molecule has 1 N–H and O–H groups in total. The van der Waals surface area contributed by atoms with Crippen LogP contribution in [-0.2, 0) is 10.2 Å². The van der Waals surface area contributed by atoms with Crippen LogP contribution in [0.25, 0.3) is 11.4 Å². The van der Waals surface area contributed by atoms with E-state index in [-0.39, 0.29) is 5.92 Å². The molecule has 8 nitrogen and oxygen atoms in total. The summed E-state index contributed by atoms with van der Waals surface area (Å²) in [5, 5.41) is 6.88. The van der Waals surface area contributed by atoms with Crippen LogP contribution in [0.4, 0.5) is 0 Å². The van der Waals surface area contributed by atoms with Crippen molar-refractivity contribution in [2.45, 2.75) is 25.7 Å². The summed E-state index contributed by atoms with van der Waals surface area (Å²) in [7, 11) is -0.230. The van der Waals surface area contributed by atoms with Gasteiger partial charge in [0.05, 0.1) is 11.4 Å². The second-order valence-electron chi connectivity index (χ2n) is 6.19. The van der Waals surface area contributed by atoms with E-state index in [4.69, 9.17) is 0 Å². The Kier molecular flexibility index (Phi) is 4.66. The molecule has 0 unspecified atom stereocenters. The minimum Gasteiger partial charge on any atom is -0.276 e. The molecular formula is C15H22N6O2S. The predicted octanol–water partition coefficient (Wildman–Crippen LogP) is 1.16. The molecule has 2 aromatic heterocycles. The van der Waals surface area contributed by atoms with Gasteiger partial charge < -0.3 is 0 Å². The van der Waals surface area contributed by atoms with Crippen LogP contribution in [0.2, 0.25) is 0 Å². The Balaban J connectivity index is 1.78. The fraction of sp³-hybridized carbons (Fsp3) is 0.533. The molecule has 1 aliphatic heterocycles. The Morgan fingerprint density at radius 2 is 1.96 bits per heavy atom. The van der Waals surface area contributed by atoms with Gasteiger partial charge in [0.25, 0.3) is 10.2 Å². The molecule has 24 heavy (non-hydrogen) atoms. The van der Waals surface area contributed by atoms with Crippen molar-refractivity contribution in [1.82, 2.24) is 28.8 Å². The van der Waals surface area contributed by atoms with E-state index in [0.717, 1.165) is 35.7 Å². The molecule has 0 saturated carbocycles. The lowest BCUT2D eigenvalue weighted by atomic mass is 9.97. The third-order valence-corrected chi connectivity index (χ3v) is 6.20. The zero-order valence-corrected chi connectivity index (χ0v) is 14.9. The Morgan fingerprint density at radius 3 is 2.54 bits per heavy atom. The molecule has 0 aliphatic carbocycles. The van der Waals surface area contributed by atoms with Crippen LogP contribution in [0.5, 0.6) is 0 Å². The van der Waals surface area contributed by atoms with Crippen molar-refractivity contribution < 1.29 is 8.42 Å². The number of hydrogen-bond acceptors (Lipinski definition) is 5. The fourth-order valence-corrected chi connectivity index (χ4v) is 4.02. The molecule has 1 aliphatic rings. The summed E-state index contributed by atoms with van der Waals surface area (Å²) < 4.78 is 27.2. The zero-order chi connectivity index (χ0) is 17.3. The summed E-state index contributed by atoms with van der Waals surface area (Å²) in [6, 6.07) is 3.79. The molecule has 9 heteroatoms. The third-order valence-electron chi connectivity index (χ3n) is 4.26. The smallest absolute Gasteiger partial charge is 0.276 e. The molecule has 0 bridgehead atoms. The van der Waals surface area contributed by atoms with Crippen LogP contribution in [0.1, 0.15) is 30.3 Å². The average molecular weight is 350 g/mol.